The van der Waals surface area contributed by atoms with Crippen molar-refractivity contribution in [3.8, 4) is 11.1 Å². The van der Waals surface area contributed by atoms with Crippen molar-refractivity contribution in [3.05, 3.63) is 84.4 Å². The molecule has 0 unspecified atom stereocenters. The minimum Gasteiger partial charge on any atom is -0.344 e. The Morgan fingerprint density at radius 2 is 1.62 bits per heavy atom. The van der Waals surface area contributed by atoms with E-state index in [-0.39, 0.29) is 0 Å². The molecule has 0 fully saturated rings. The van der Waals surface area contributed by atoms with Gasteiger partial charge < -0.3 is 4.57 Å². The van der Waals surface area contributed by atoms with E-state index in [2.05, 4.69) is 85.8 Å². The van der Waals surface area contributed by atoms with E-state index in [4.69, 9.17) is 0 Å². The van der Waals surface area contributed by atoms with Crippen LogP contribution in [-0.2, 0) is 13.5 Å². The molecule has 1 heterocycles. The lowest BCUT2D eigenvalue weighted by Crippen LogP contribution is -1.93. The van der Waals surface area contributed by atoms with Crippen LogP contribution in [0.2, 0.25) is 0 Å². The highest BCUT2D eigenvalue weighted by Crippen LogP contribution is 2.35. The summed E-state index contributed by atoms with van der Waals surface area (Å²) in [5.41, 5.74) is 7.82. The summed E-state index contributed by atoms with van der Waals surface area (Å²) in [7, 11) is 2.15. The van der Waals surface area contributed by atoms with E-state index in [1.165, 1.54) is 44.1 Å². The summed E-state index contributed by atoms with van der Waals surface area (Å²) in [4.78, 5) is 0. The third-order valence-corrected chi connectivity index (χ3v) is 4.94. The van der Waals surface area contributed by atoms with Crippen molar-refractivity contribution in [1.29, 1.82) is 0 Å². The van der Waals surface area contributed by atoms with E-state index in [1.54, 1.807) is 0 Å². The average molecular weight is 311 g/mol. The summed E-state index contributed by atoms with van der Waals surface area (Å²) in [6, 6.07) is 21.9. The number of fused-ring (bicyclic) bond motifs is 3. The molecule has 0 radical (unpaired) electrons. The van der Waals surface area contributed by atoms with Crippen LogP contribution >= 0.6 is 0 Å². The van der Waals surface area contributed by atoms with Gasteiger partial charge >= 0.3 is 0 Å². The second-order valence-electron chi connectivity index (χ2n) is 6.41. The highest BCUT2D eigenvalue weighted by atomic mass is 14.9. The van der Waals surface area contributed by atoms with Crippen LogP contribution in [-0.4, -0.2) is 4.57 Å². The lowest BCUT2D eigenvalue weighted by Gasteiger charge is -2.12. The molecule has 0 aliphatic carbocycles. The van der Waals surface area contributed by atoms with Crippen LogP contribution in [0.15, 0.2) is 73.3 Å². The van der Waals surface area contributed by atoms with Crippen molar-refractivity contribution in [2.24, 2.45) is 7.05 Å². The van der Waals surface area contributed by atoms with Gasteiger partial charge in [0.25, 0.3) is 0 Å². The molecule has 4 rings (SSSR count). The molecule has 1 aromatic heterocycles. The van der Waals surface area contributed by atoms with Crippen LogP contribution in [0, 0.1) is 6.92 Å². The van der Waals surface area contributed by atoms with Gasteiger partial charge in [-0.2, -0.15) is 0 Å². The fraction of sp³-hybridized carbons (Fsp3) is 0.130. The van der Waals surface area contributed by atoms with Crippen LogP contribution in [0.25, 0.3) is 32.9 Å². The monoisotopic (exact) mass is 311 g/mol. The van der Waals surface area contributed by atoms with Crippen molar-refractivity contribution in [2.75, 3.05) is 0 Å². The van der Waals surface area contributed by atoms with Crippen molar-refractivity contribution >= 4 is 21.8 Å². The molecule has 4 aromatic rings. The molecule has 0 atom stereocenters. The van der Waals surface area contributed by atoms with Gasteiger partial charge in [-0.3, -0.25) is 0 Å². The average Bonchev–Trinajstić information content (AvgIpc) is 2.88. The van der Waals surface area contributed by atoms with Crippen LogP contribution in [0.1, 0.15) is 11.1 Å². The Bertz CT molecular complexity index is 1070. The molecule has 0 spiro atoms. The highest BCUT2D eigenvalue weighted by molar-refractivity contribution is 6.09. The topological polar surface area (TPSA) is 4.93 Å². The molecule has 0 bridgehead atoms. The quantitative estimate of drug-likeness (QED) is 0.407. The predicted molar refractivity (Wildman–Crippen MR) is 104 cm³/mol. The lowest BCUT2D eigenvalue weighted by molar-refractivity contribution is 1.01. The lowest BCUT2D eigenvalue weighted by atomic mass is 9.93. The first kappa shape index (κ1) is 14.8. The number of rotatable bonds is 3. The number of aryl methyl sites for hydroxylation is 2. The Labute approximate surface area is 142 Å². The SMILES string of the molecule is C=CCc1cc2c3ccccc3n(C)c2cc1-c1ccccc1C. The minimum absolute atomic E-state index is 0.878. The summed E-state index contributed by atoms with van der Waals surface area (Å²) in [6.07, 6.45) is 2.87. The molecule has 0 aliphatic heterocycles. The standard InChI is InChI=1S/C23H21N/c1-4-9-17-14-21-19-12-7-8-13-22(19)24(3)23(21)15-20(17)18-11-6-5-10-16(18)2/h4-8,10-15H,1,9H2,2-3H3. The molecule has 1 nitrogen and oxygen atoms in total. The summed E-state index contributed by atoms with van der Waals surface area (Å²) in [5, 5.41) is 2.64. The van der Waals surface area contributed by atoms with Gasteiger partial charge in [0.15, 0.2) is 0 Å². The largest absolute Gasteiger partial charge is 0.344 e. The predicted octanol–water partition coefficient (Wildman–Crippen LogP) is 6.04. The van der Waals surface area contributed by atoms with Gasteiger partial charge in [0, 0.05) is 28.9 Å². The first-order valence-corrected chi connectivity index (χ1v) is 8.37. The molecule has 0 N–H and O–H groups in total. The summed E-state index contributed by atoms with van der Waals surface area (Å²) in [6.45, 7) is 6.13. The Hall–Kier alpha value is -2.80. The maximum absolute atomic E-state index is 3.96. The van der Waals surface area contributed by atoms with E-state index in [9.17, 15) is 0 Å². The third-order valence-electron chi connectivity index (χ3n) is 4.94. The van der Waals surface area contributed by atoms with Crippen LogP contribution in [0.4, 0.5) is 0 Å². The van der Waals surface area contributed by atoms with Crippen LogP contribution in [0.3, 0.4) is 0 Å². The normalized spacial score (nSPS) is 11.2. The smallest absolute Gasteiger partial charge is 0.0495 e. The van der Waals surface area contributed by atoms with Crippen molar-refractivity contribution in [2.45, 2.75) is 13.3 Å². The molecular weight excluding hydrogens is 290 g/mol. The van der Waals surface area contributed by atoms with Gasteiger partial charge in [0.1, 0.15) is 0 Å². The van der Waals surface area contributed by atoms with Crippen LogP contribution in [0.5, 0.6) is 0 Å². The van der Waals surface area contributed by atoms with E-state index in [0.717, 1.165) is 6.42 Å². The van der Waals surface area contributed by atoms with Gasteiger partial charge in [-0.25, -0.2) is 0 Å². The zero-order valence-electron chi connectivity index (χ0n) is 14.2. The van der Waals surface area contributed by atoms with Gasteiger partial charge in [-0.15, -0.1) is 6.58 Å². The van der Waals surface area contributed by atoms with E-state index in [1.807, 2.05) is 6.08 Å². The number of benzene rings is 3. The highest BCUT2D eigenvalue weighted by Gasteiger charge is 2.13. The first-order valence-electron chi connectivity index (χ1n) is 8.37. The van der Waals surface area contributed by atoms with E-state index in [0.29, 0.717) is 0 Å². The van der Waals surface area contributed by atoms with E-state index >= 15 is 0 Å². The van der Waals surface area contributed by atoms with E-state index < -0.39 is 0 Å². The second kappa shape index (κ2) is 5.68. The zero-order valence-corrected chi connectivity index (χ0v) is 14.2. The number of allylic oxidation sites excluding steroid dienone is 1. The molecule has 118 valence electrons. The minimum atomic E-state index is 0.878. The molecular formula is C23H21N. The van der Waals surface area contributed by atoms with Crippen molar-refractivity contribution in [3.63, 3.8) is 0 Å². The zero-order chi connectivity index (χ0) is 16.7. The van der Waals surface area contributed by atoms with Crippen molar-refractivity contribution < 1.29 is 0 Å². The number of hydrogen-bond donors (Lipinski definition) is 0. The van der Waals surface area contributed by atoms with Crippen molar-refractivity contribution in [1.82, 2.24) is 4.57 Å². The van der Waals surface area contributed by atoms with Gasteiger partial charge in [0.2, 0.25) is 0 Å². The Morgan fingerprint density at radius 3 is 2.42 bits per heavy atom. The molecule has 0 amide bonds. The second-order valence-corrected chi connectivity index (χ2v) is 6.41. The fourth-order valence-electron chi connectivity index (χ4n) is 3.70. The molecule has 24 heavy (non-hydrogen) atoms. The van der Waals surface area contributed by atoms with Gasteiger partial charge in [-0.1, -0.05) is 48.5 Å². The maximum Gasteiger partial charge on any atom is 0.0495 e. The molecule has 0 aliphatic rings. The Kier molecular flexibility index (Phi) is 3.50. The molecule has 0 saturated heterocycles. The summed E-state index contributed by atoms with van der Waals surface area (Å²) in [5.74, 6) is 0. The Morgan fingerprint density at radius 1 is 0.875 bits per heavy atom. The number of hydrogen-bond acceptors (Lipinski definition) is 0. The Balaban J connectivity index is 2.11. The molecule has 3 aromatic carbocycles. The van der Waals surface area contributed by atoms with Gasteiger partial charge in [-0.05, 0) is 53.8 Å². The number of para-hydroxylation sites is 1. The molecule has 0 saturated carbocycles. The summed E-state index contributed by atoms with van der Waals surface area (Å²) < 4.78 is 2.30. The fourth-order valence-corrected chi connectivity index (χ4v) is 3.70. The summed E-state index contributed by atoms with van der Waals surface area (Å²) >= 11 is 0. The number of aromatic nitrogens is 1. The van der Waals surface area contributed by atoms with Gasteiger partial charge in [0.05, 0.1) is 0 Å². The first-order chi connectivity index (χ1) is 11.7. The third kappa shape index (κ3) is 2.16. The number of nitrogens with zero attached hydrogens (tertiary/aromatic N) is 1. The van der Waals surface area contributed by atoms with Crippen LogP contribution < -0.4 is 0 Å². The maximum atomic E-state index is 3.96. The molecule has 1 heteroatoms.